The summed E-state index contributed by atoms with van der Waals surface area (Å²) in [6.07, 6.45) is 2.93. The lowest BCUT2D eigenvalue weighted by atomic mass is 10.1. The molecule has 3 heterocycles. The predicted octanol–water partition coefficient (Wildman–Crippen LogP) is 1.59. The molecule has 0 spiro atoms. The van der Waals surface area contributed by atoms with E-state index in [1.165, 1.54) is 11.3 Å². The Labute approximate surface area is 169 Å². The molecule has 0 aliphatic carbocycles. The zero-order valence-corrected chi connectivity index (χ0v) is 17.2. The molecule has 1 aromatic carbocycles. The van der Waals surface area contributed by atoms with E-state index in [0.29, 0.717) is 22.9 Å². The summed E-state index contributed by atoms with van der Waals surface area (Å²) in [6.45, 7) is 4.86. The van der Waals surface area contributed by atoms with Gasteiger partial charge in [-0.05, 0) is 24.1 Å². The van der Waals surface area contributed by atoms with Crippen molar-refractivity contribution in [3.8, 4) is 5.75 Å². The van der Waals surface area contributed by atoms with Crippen LogP contribution in [0.5, 0.6) is 5.75 Å². The van der Waals surface area contributed by atoms with Gasteiger partial charge in [0.2, 0.25) is 5.95 Å². The number of nitrogens with zero attached hydrogens (tertiary/aromatic N) is 6. The van der Waals surface area contributed by atoms with Crippen LogP contribution in [0.2, 0.25) is 0 Å². The minimum atomic E-state index is 0.302. The van der Waals surface area contributed by atoms with E-state index < -0.39 is 0 Å². The Hall–Kier alpha value is -2.91. The lowest BCUT2D eigenvalue weighted by Crippen LogP contribution is -2.30. The molecule has 9 heteroatoms. The molecule has 154 valence electrons. The molecule has 0 amide bonds. The molecule has 4 N–H and O–H groups in total. The molecule has 0 atom stereocenters. The lowest BCUT2D eigenvalue weighted by Gasteiger charge is -2.17. The third kappa shape index (κ3) is 3.58. The Morgan fingerprint density at radius 1 is 1.21 bits per heavy atom. The molecule has 0 bridgehead atoms. The number of rotatable bonds is 7. The number of anilines is 1. The molecule has 0 saturated carbocycles. The maximum atomic E-state index is 6.14. The molecule has 3 aromatic rings. The molecule has 9 nitrogen and oxygen atoms in total. The number of nitrogen functional groups attached to an aromatic ring is 1. The van der Waals surface area contributed by atoms with Crippen molar-refractivity contribution in [1.82, 2.24) is 29.5 Å². The smallest absolute Gasteiger partial charge is 0.223 e. The zero-order chi connectivity index (χ0) is 20.5. The van der Waals surface area contributed by atoms with Gasteiger partial charge in [0.25, 0.3) is 0 Å². The van der Waals surface area contributed by atoms with Gasteiger partial charge in [0, 0.05) is 44.2 Å². The second-order valence-corrected chi connectivity index (χ2v) is 7.46. The summed E-state index contributed by atoms with van der Waals surface area (Å²) < 4.78 is 7.02. The van der Waals surface area contributed by atoms with E-state index in [0.717, 1.165) is 50.1 Å². The highest BCUT2D eigenvalue weighted by molar-refractivity contribution is 5.95. The van der Waals surface area contributed by atoms with E-state index in [1.54, 1.807) is 16.6 Å². The Bertz CT molecular complexity index is 1070. The first kappa shape index (κ1) is 19.4. The monoisotopic (exact) mass is 396 g/mol. The highest BCUT2D eigenvalue weighted by Crippen LogP contribution is 2.27. The van der Waals surface area contributed by atoms with Crippen LogP contribution in [0.4, 0.5) is 5.95 Å². The number of para-hydroxylation sites is 1. The fraction of sp³-hybridized carbons (Fsp3) is 0.450. The molecule has 0 saturated heterocycles. The average Bonchev–Trinajstić information content (AvgIpc) is 3.31. The molecule has 1 aliphatic rings. The van der Waals surface area contributed by atoms with E-state index in [-0.39, 0.29) is 0 Å². The average molecular weight is 396 g/mol. The molecule has 0 radical (unpaired) electrons. The fourth-order valence-corrected chi connectivity index (χ4v) is 3.98. The van der Waals surface area contributed by atoms with Gasteiger partial charge in [-0.2, -0.15) is 4.52 Å². The van der Waals surface area contributed by atoms with Crippen molar-refractivity contribution >= 4 is 22.5 Å². The number of fused-ring (bicyclic) bond motifs is 3. The summed E-state index contributed by atoms with van der Waals surface area (Å²) in [7, 11) is 3.53. The van der Waals surface area contributed by atoms with Crippen molar-refractivity contribution in [1.29, 1.82) is 0 Å². The first-order valence-electron chi connectivity index (χ1n) is 9.91. The van der Waals surface area contributed by atoms with Gasteiger partial charge in [0.15, 0.2) is 11.5 Å². The minimum Gasteiger partial charge on any atom is -0.494 e. The number of hydrogen-bond donors (Lipinski definition) is 2. The maximum Gasteiger partial charge on any atom is 0.223 e. The Balaban J connectivity index is 1.56. The summed E-state index contributed by atoms with van der Waals surface area (Å²) >= 11 is 0. The van der Waals surface area contributed by atoms with Crippen LogP contribution >= 0.6 is 0 Å². The van der Waals surface area contributed by atoms with Crippen LogP contribution in [-0.4, -0.2) is 63.3 Å². The maximum absolute atomic E-state index is 6.14. The third-order valence-corrected chi connectivity index (χ3v) is 5.38. The van der Waals surface area contributed by atoms with Crippen LogP contribution < -0.4 is 16.3 Å². The van der Waals surface area contributed by atoms with E-state index in [4.69, 9.17) is 21.3 Å². The molecular weight excluding hydrogens is 368 g/mol. The van der Waals surface area contributed by atoms with Crippen molar-refractivity contribution in [2.24, 2.45) is 5.84 Å². The second-order valence-electron chi connectivity index (χ2n) is 7.46. The van der Waals surface area contributed by atoms with Gasteiger partial charge in [-0.3, -0.25) is 4.90 Å². The number of hydrogen-bond acceptors (Lipinski definition) is 8. The number of likely N-dealkylation sites (N-methyl/N-ethyl adjacent to an activating group) is 1. The van der Waals surface area contributed by atoms with Gasteiger partial charge in [-0.1, -0.05) is 19.4 Å². The van der Waals surface area contributed by atoms with Crippen LogP contribution in [0.25, 0.3) is 16.6 Å². The molecule has 2 aromatic heterocycles. The lowest BCUT2D eigenvalue weighted by molar-refractivity contribution is 0.318. The van der Waals surface area contributed by atoms with Crippen LogP contribution in [-0.2, 0) is 6.42 Å². The number of hydrazine groups is 1. The number of nitrogens with two attached hydrogens (primary N) is 2. The van der Waals surface area contributed by atoms with Gasteiger partial charge in [-0.25, -0.2) is 15.8 Å². The van der Waals surface area contributed by atoms with Crippen LogP contribution in [0.1, 0.15) is 25.6 Å². The third-order valence-electron chi connectivity index (χ3n) is 5.38. The first-order chi connectivity index (χ1) is 14.0. The normalized spacial score (nSPS) is 15.0. The van der Waals surface area contributed by atoms with Gasteiger partial charge in [0.1, 0.15) is 11.3 Å². The Kier molecular flexibility index (Phi) is 5.25. The molecule has 1 aliphatic heterocycles. The Morgan fingerprint density at radius 3 is 2.76 bits per heavy atom. The van der Waals surface area contributed by atoms with E-state index >= 15 is 0 Å². The summed E-state index contributed by atoms with van der Waals surface area (Å²) in [5, 5.41) is 7.21. The summed E-state index contributed by atoms with van der Waals surface area (Å²) in [6, 6.07) is 5.75. The molecule has 0 unspecified atom stereocenters. The van der Waals surface area contributed by atoms with Crippen LogP contribution in [0, 0.1) is 0 Å². The van der Waals surface area contributed by atoms with Crippen molar-refractivity contribution in [2.45, 2.75) is 26.2 Å². The van der Waals surface area contributed by atoms with Crippen LogP contribution in [0.15, 0.2) is 29.5 Å². The summed E-state index contributed by atoms with van der Waals surface area (Å²) in [5.41, 5.74) is 10.2. The van der Waals surface area contributed by atoms with Crippen molar-refractivity contribution < 1.29 is 4.74 Å². The molecule has 4 rings (SSSR count). The number of benzene rings is 1. The number of methoxy groups -OCH3 is 1. The standard InChI is InChI=1S/C20H28N8O/c1-4-6-13-11-27(12-15(13)26(2)22)10-9-17-23-19-14-7-5-8-16(29-3)18(14)24-20(21)28(19)25-17/h5,7-8H,4,6,9-12,22H2,1-3H3,(H2,21,24). The van der Waals surface area contributed by atoms with Crippen LogP contribution in [0.3, 0.4) is 0 Å². The van der Waals surface area contributed by atoms with E-state index in [2.05, 4.69) is 21.9 Å². The van der Waals surface area contributed by atoms with Gasteiger partial charge in [0.05, 0.1) is 7.11 Å². The fourth-order valence-electron chi connectivity index (χ4n) is 3.98. The van der Waals surface area contributed by atoms with Crippen molar-refractivity contribution in [2.75, 3.05) is 39.5 Å². The van der Waals surface area contributed by atoms with Crippen molar-refractivity contribution in [3.63, 3.8) is 0 Å². The van der Waals surface area contributed by atoms with Gasteiger partial charge >= 0.3 is 0 Å². The predicted molar refractivity (Wildman–Crippen MR) is 113 cm³/mol. The first-order valence-corrected chi connectivity index (χ1v) is 9.91. The second kappa shape index (κ2) is 7.84. The minimum absolute atomic E-state index is 0.302. The van der Waals surface area contributed by atoms with Crippen molar-refractivity contribution in [3.05, 3.63) is 35.3 Å². The van der Waals surface area contributed by atoms with E-state index in [1.807, 2.05) is 25.2 Å². The largest absolute Gasteiger partial charge is 0.494 e. The van der Waals surface area contributed by atoms with Gasteiger partial charge in [-0.15, -0.1) is 5.10 Å². The quantitative estimate of drug-likeness (QED) is 0.457. The highest BCUT2D eigenvalue weighted by atomic mass is 16.5. The summed E-state index contributed by atoms with van der Waals surface area (Å²) in [5.74, 6) is 7.75. The highest BCUT2D eigenvalue weighted by Gasteiger charge is 2.23. The summed E-state index contributed by atoms with van der Waals surface area (Å²) in [4.78, 5) is 11.6. The molecule has 29 heavy (non-hydrogen) atoms. The Morgan fingerprint density at radius 2 is 2.03 bits per heavy atom. The molecule has 0 fully saturated rings. The van der Waals surface area contributed by atoms with E-state index in [9.17, 15) is 0 Å². The van der Waals surface area contributed by atoms with Gasteiger partial charge < -0.3 is 15.5 Å². The topological polar surface area (TPSA) is 111 Å². The number of aromatic nitrogens is 4. The SMILES string of the molecule is CCCC1=C(N(C)N)CN(CCc2nc3c4cccc(OC)c4nc(N)n3n2)C1. The zero-order valence-electron chi connectivity index (χ0n) is 17.2. The molecular formula is C20H28N8O. The number of ether oxygens (including phenoxy) is 1.